The van der Waals surface area contributed by atoms with E-state index >= 15 is 0 Å². The maximum absolute atomic E-state index is 12.6. The Bertz CT molecular complexity index is 1410. The lowest BCUT2D eigenvalue weighted by Crippen LogP contribution is -2.19. The lowest BCUT2D eigenvalue weighted by atomic mass is 10.3. The maximum Gasteiger partial charge on any atom is 0.446 e. The summed E-state index contributed by atoms with van der Waals surface area (Å²) < 4.78 is 48.1. The first-order valence-corrected chi connectivity index (χ1v) is 11.0. The second-order valence-electron chi connectivity index (χ2n) is 7.17. The molecule has 0 saturated heterocycles. The topological polar surface area (TPSA) is 117 Å². The molecule has 13 heteroatoms. The molecule has 186 valence electrons. The second kappa shape index (κ2) is 10.5. The summed E-state index contributed by atoms with van der Waals surface area (Å²) in [5, 5.41) is 7.56. The molecule has 0 unspecified atom stereocenters. The van der Waals surface area contributed by atoms with E-state index in [4.69, 9.17) is 4.74 Å². The van der Waals surface area contributed by atoms with E-state index in [1.165, 1.54) is 31.4 Å². The molecule has 4 rings (SSSR count). The van der Waals surface area contributed by atoms with E-state index in [2.05, 4.69) is 30.7 Å². The molecular formula is C23H18F3N5O4S. The van der Waals surface area contributed by atoms with Crippen molar-refractivity contribution in [3.63, 3.8) is 0 Å². The molecule has 36 heavy (non-hydrogen) atoms. The predicted molar refractivity (Wildman–Crippen MR) is 130 cm³/mol. The maximum atomic E-state index is 12.6. The minimum atomic E-state index is -4.43. The Morgan fingerprint density at radius 2 is 1.61 bits per heavy atom. The molecule has 4 N–H and O–H groups in total. The molecule has 9 nitrogen and oxygen atoms in total. The number of urea groups is 1. The highest BCUT2D eigenvalue weighted by molar-refractivity contribution is 8.00. The van der Waals surface area contributed by atoms with Gasteiger partial charge in [-0.2, -0.15) is 13.2 Å². The summed E-state index contributed by atoms with van der Waals surface area (Å²) in [7, 11) is 1.24. The summed E-state index contributed by atoms with van der Waals surface area (Å²) in [5.74, 6) is 1.09. The van der Waals surface area contributed by atoms with E-state index in [9.17, 15) is 22.8 Å². The van der Waals surface area contributed by atoms with E-state index in [0.29, 0.717) is 28.2 Å². The number of benzene rings is 3. The zero-order chi connectivity index (χ0) is 25.7. The van der Waals surface area contributed by atoms with E-state index in [-0.39, 0.29) is 28.3 Å². The van der Waals surface area contributed by atoms with Crippen LogP contribution in [0, 0.1) is 0 Å². The molecule has 0 spiro atoms. The van der Waals surface area contributed by atoms with E-state index in [1.54, 1.807) is 42.5 Å². The molecule has 1 aromatic heterocycles. The Morgan fingerprint density at radius 1 is 0.917 bits per heavy atom. The number of hydrogen-bond donors (Lipinski definition) is 4. The summed E-state index contributed by atoms with van der Waals surface area (Å²) in [6, 6.07) is 16.4. The number of H-pyrrole nitrogens is 1. The Kier molecular flexibility index (Phi) is 7.20. The number of alkyl halides is 3. The number of ether oxygens (including phenoxy) is 2. The van der Waals surface area contributed by atoms with Crippen LogP contribution < -0.4 is 20.7 Å². The minimum absolute atomic E-state index is 0.0437. The van der Waals surface area contributed by atoms with E-state index in [0.717, 1.165) is 0 Å². The molecule has 0 aliphatic heterocycles. The fraction of sp³-hybridized carbons (Fsp3) is 0.0870. The van der Waals surface area contributed by atoms with Gasteiger partial charge in [0.05, 0.1) is 18.1 Å². The van der Waals surface area contributed by atoms with Crippen molar-refractivity contribution in [3.8, 4) is 11.5 Å². The smallest absolute Gasteiger partial charge is 0.446 e. The number of carbonyl (C=O) groups excluding carboxylic acids is 2. The standard InChI is InChI=1S/C23H18F3N5O4S/c1-34-22(33)31-20-29-18-9-8-16(12-19(18)30-20)35-15-6-2-4-13(10-15)27-21(32)28-14-5-3-7-17(11-14)36-23(24,25)26/h2-12H,1H3,(H2,27,28,32)(H2,29,30,31,33). The van der Waals surface area contributed by atoms with Crippen molar-refractivity contribution in [2.75, 3.05) is 23.1 Å². The lowest BCUT2D eigenvalue weighted by molar-refractivity contribution is -0.0328. The molecule has 0 saturated carbocycles. The zero-order valence-electron chi connectivity index (χ0n) is 18.5. The number of methoxy groups -OCH3 is 1. The lowest BCUT2D eigenvalue weighted by Gasteiger charge is -2.11. The molecule has 0 aliphatic rings. The first-order chi connectivity index (χ1) is 17.2. The van der Waals surface area contributed by atoms with Gasteiger partial charge in [-0.15, -0.1) is 0 Å². The average molecular weight is 517 g/mol. The van der Waals surface area contributed by atoms with Crippen molar-refractivity contribution in [3.05, 3.63) is 66.7 Å². The second-order valence-corrected chi connectivity index (χ2v) is 8.30. The molecular weight excluding hydrogens is 499 g/mol. The summed E-state index contributed by atoms with van der Waals surface area (Å²) in [4.78, 5) is 30.8. The number of carbonyl (C=O) groups is 2. The van der Waals surface area contributed by atoms with Crippen LogP contribution in [0.2, 0.25) is 0 Å². The number of aromatic amines is 1. The number of nitrogens with one attached hydrogen (secondary N) is 4. The van der Waals surface area contributed by atoms with Gasteiger partial charge in [0.15, 0.2) is 0 Å². The Balaban J connectivity index is 1.40. The van der Waals surface area contributed by atoms with E-state index < -0.39 is 17.6 Å². The highest BCUT2D eigenvalue weighted by atomic mass is 32.2. The normalized spacial score (nSPS) is 11.1. The molecule has 0 fully saturated rings. The Morgan fingerprint density at radius 3 is 2.33 bits per heavy atom. The highest BCUT2D eigenvalue weighted by Crippen LogP contribution is 2.37. The largest absolute Gasteiger partial charge is 0.457 e. The molecule has 3 amide bonds. The third-order valence-corrected chi connectivity index (χ3v) is 5.23. The van der Waals surface area contributed by atoms with Crippen molar-refractivity contribution in [2.45, 2.75) is 10.4 Å². The average Bonchev–Trinajstić information content (AvgIpc) is 3.19. The first-order valence-electron chi connectivity index (χ1n) is 10.2. The van der Waals surface area contributed by atoms with Crippen LogP contribution in [0.5, 0.6) is 11.5 Å². The van der Waals surface area contributed by atoms with Crippen LogP contribution in [0.15, 0.2) is 71.6 Å². The fourth-order valence-corrected chi connectivity index (χ4v) is 3.69. The minimum Gasteiger partial charge on any atom is -0.457 e. The van der Waals surface area contributed by atoms with Gasteiger partial charge in [-0.05, 0) is 54.2 Å². The van der Waals surface area contributed by atoms with Crippen LogP contribution in [0.3, 0.4) is 0 Å². The molecule has 3 aromatic carbocycles. The molecule has 4 aromatic rings. The van der Waals surface area contributed by atoms with Gasteiger partial charge in [-0.25, -0.2) is 14.6 Å². The van der Waals surface area contributed by atoms with Gasteiger partial charge in [-0.3, -0.25) is 5.32 Å². The van der Waals surface area contributed by atoms with Gasteiger partial charge in [-0.1, -0.05) is 12.1 Å². The molecule has 0 atom stereocenters. The highest BCUT2D eigenvalue weighted by Gasteiger charge is 2.29. The Hall–Kier alpha value is -4.39. The van der Waals surface area contributed by atoms with Gasteiger partial charge in [0.1, 0.15) is 11.5 Å². The van der Waals surface area contributed by atoms with Gasteiger partial charge in [0, 0.05) is 28.4 Å². The van der Waals surface area contributed by atoms with Crippen LogP contribution in [0.1, 0.15) is 0 Å². The van der Waals surface area contributed by atoms with Gasteiger partial charge >= 0.3 is 17.6 Å². The zero-order valence-corrected chi connectivity index (χ0v) is 19.3. The van der Waals surface area contributed by atoms with Crippen LogP contribution in [0.25, 0.3) is 11.0 Å². The Labute approximate surface area is 206 Å². The third-order valence-electron chi connectivity index (χ3n) is 4.51. The van der Waals surface area contributed by atoms with Crippen LogP contribution in [0.4, 0.5) is 40.1 Å². The number of hydrogen-bond acceptors (Lipinski definition) is 6. The first kappa shape index (κ1) is 24.7. The van der Waals surface area contributed by atoms with Crippen molar-refractivity contribution in [1.29, 1.82) is 0 Å². The molecule has 0 radical (unpaired) electrons. The number of rotatable bonds is 6. The van der Waals surface area contributed by atoms with Gasteiger partial charge in [0.25, 0.3) is 0 Å². The molecule has 0 aliphatic carbocycles. The number of imidazole rings is 1. The van der Waals surface area contributed by atoms with Gasteiger partial charge < -0.3 is 25.1 Å². The molecule has 0 bridgehead atoms. The number of nitrogens with zero attached hydrogens (tertiary/aromatic N) is 1. The van der Waals surface area contributed by atoms with Crippen LogP contribution in [-0.4, -0.2) is 34.7 Å². The SMILES string of the molecule is COC(=O)Nc1nc2cc(Oc3cccc(NC(=O)Nc4cccc(SC(F)(F)F)c4)c3)ccc2[nH]1. The molecule has 1 heterocycles. The predicted octanol–water partition coefficient (Wildman–Crippen LogP) is 6.79. The number of halogens is 3. The summed E-state index contributed by atoms with van der Waals surface area (Å²) in [6.45, 7) is 0. The number of thioether (sulfide) groups is 1. The van der Waals surface area contributed by atoms with Crippen molar-refractivity contribution >= 4 is 52.2 Å². The summed E-state index contributed by atoms with van der Waals surface area (Å²) in [5.41, 5.74) is -2.61. The van der Waals surface area contributed by atoms with Crippen molar-refractivity contribution in [2.24, 2.45) is 0 Å². The number of aromatic nitrogens is 2. The number of amides is 3. The number of fused-ring (bicyclic) bond motifs is 1. The number of anilines is 3. The van der Waals surface area contributed by atoms with Gasteiger partial charge in [0.2, 0.25) is 5.95 Å². The summed E-state index contributed by atoms with van der Waals surface area (Å²) >= 11 is -0.265. The van der Waals surface area contributed by atoms with Crippen LogP contribution >= 0.6 is 11.8 Å². The van der Waals surface area contributed by atoms with E-state index in [1.807, 2.05) is 0 Å². The monoisotopic (exact) mass is 517 g/mol. The summed E-state index contributed by atoms with van der Waals surface area (Å²) in [6.07, 6.45) is -0.660. The quantitative estimate of drug-likeness (QED) is 0.209. The van der Waals surface area contributed by atoms with Crippen LogP contribution in [-0.2, 0) is 4.74 Å². The van der Waals surface area contributed by atoms with Crippen molar-refractivity contribution in [1.82, 2.24) is 9.97 Å². The van der Waals surface area contributed by atoms with Crippen molar-refractivity contribution < 1.29 is 32.2 Å². The third kappa shape index (κ3) is 6.82. The fourth-order valence-electron chi connectivity index (χ4n) is 3.09.